The van der Waals surface area contributed by atoms with Crippen molar-refractivity contribution in [3.05, 3.63) is 47.4 Å². The molecule has 2 aromatic heterocycles. The van der Waals surface area contributed by atoms with Gasteiger partial charge in [0.15, 0.2) is 5.82 Å². The number of carbonyl (C=O) groups excluding carboxylic acids is 1. The topological polar surface area (TPSA) is 72.7 Å². The average Bonchev–Trinajstić information content (AvgIpc) is 2.80. The number of fused-ring (bicyclic) bond motifs is 1. The maximum Gasteiger partial charge on any atom is 0.275 e. The molecule has 0 saturated heterocycles. The molecule has 1 amide bonds. The van der Waals surface area contributed by atoms with Crippen LogP contribution in [0, 0.1) is 5.82 Å². The summed E-state index contributed by atoms with van der Waals surface area (Å²) in [4.78, 5) is 19.6. The molecule has 1 N–H and O–H groups in total. The van der Waals surface area contributed by atoms with Crippen molar-refractivity contribution in [2.75, 3.05) is 5.32 Å². The highest BCUT2D eigenvalue weighted by Gasteiger charge is 2.12. The van der Waals surface area contributed by atoms with Gasteiger partial charge in [-0.05, 0) is 12.1 Å². The van der Waals surface area contributed by atoms with Crippen molar-refractivity contribution in [2.24, 2.45) is 7.05 Å². The molecule has 0 aliphatic heterocycles. The number of anilines is 1. The van der Waals surface area contributed by atoms with E-state index in [9.17, 15) is 9.18 Å². The van der Waals surface area contributed by atoms with Crippen LogP contribution in [0.4, 0.5) is 10.1 Å². The fourth-order valence-corrected chi connectivity index (χ4v) is 2.01. The number of hydrogen-bond acceptors (Lipinski definition) is 4. The summed E-state index contributed by atoms with van der Waals surface area (Å²) < 4.78 is 15.4. The third-order valence-electron chi connectivity index (χ3n) is 2.79. The van der Waals surface area contributed by atoms with Crippen LogP contribution in [0.3, 0.4) is 0 Å². The number of carbonyl (C=O) groups is 1. The highest BCUT2D eigenvalue weighted by Crippen LogP contribution is 2.21. The largest absolute Gasteiger partial charge is 0.320 e. The predicted molar refractivity (Wildman–Crippen MR) is 75.7 cm³/mol. The minimum atomic E-state index is -0.509. The second-order valence-electron chi connectivity index (χ2n) is 4.38. The SMILES string of the molecule is Cn1cc2cc(NC(=O)c3cnc(Cl)cn3)cc(F)c2n1. The molecule has 21 heavy (non-hydrogen) atoms. The van der Waals surface area contributed by atoms with Crippen molar-refractivity contribution in [1.82, 2.24) is 19.7 Å². The summed E-state index contributed by atoms with van der Waals surface area (Å²) in [5.41, 5.74) is 0.655. The Morgan fingerprint density at radius 3 is 2.86 bits per heavy atom. The van der Waals surface area contributed by atoms with Crippen LogP contribution in [-0.2, 0) is 7.05 Å². The zero-order chi connectivity index (χ0) is 15.0. The summed E-state index contributed by atoms with van der Waals surface area (Å²) >= 11 is 5.60. The normalized spacial score (nSPS) is 10.8. The Morgan fingerprint density at radius 1 is 1.33 bits per heavy atom. The molecular formula is C13H9ClFN5O. The molecule has 6 nitrogen and oxygen atoms in total. The number of amides is 1. The van der Waals surface area contributed by atoms with E-state index >= 15 is 0 Å². The molecule has 0 radical (unpaired) electrons. The van der Waals surface area contributed by atoms with Crippen molar-refractivity contribution >= 4 is 34.1 Å². The second kappa shape index (κ2) is 5.10. The number of aryl methyl sites for hydroxylation is 1. The van der Waals surface area contributed by atoms with E-state index in [-0.39, 0.29) is 16.4 Å². The number of aromatic nitrogens is 4. The van der Waals surface area contributed by atoms with E-state index < -0.39 is 11.7 Å². The van der Waals surface area contributed by atoms with Gasteiger partial charge in [0.25, 0.3) is 5.91 Å². The lowest BCUT2D eigenvalue weighted by atomic mass is 10.2. The monoisotopic (exact) mass is 305 g/mol. The van der Waals surface area contributed by atoms with Gasteiger partial charge in [-0.1, -0.05) is 11.6 Å². The molecule has 3 aromatic rings. The molecule has 0 fully saturated rings. The van der Waals surface area contributed by atoms with Gasteiger partial charge in [-0.2, -0.15) is 5.10 Å². The molecule has 0 unspecified atom stereocenters. The summed E-state index contributed by atoms with van der Waals surface area (Å²) in [5.74, 6) is -1.01. The van der Waals surface area contributed by atoms with Crippen LogP contribution in [-0.4, -0.2) is 25.7 Å². The summed E-state index contributed by atoms with van der Waals surface area (Å²) in [5, 5.41) is 7.33. The summed E-state index contributed by atoms with van der Waals surface area (Å²) in [6.45, 7) is 0. The van der Waals surface area contributed by atoms with Gasteiger partial charge < -0.3 is 5.32 Å². The van der Waals surface area contributed by atoms with Crippen molar-refractivity contribution in [1.29, 1.82) is 0 Å². The van der Waals surface area contributed by atoms with Gasteiger partial charge in [0.2, 0.25) is 0 Å². The zero-order valence-corrected chi connectivity index (χ0v) is 11.6. The van der Waals surface area contributed by atoms with Gasteiger partial charge in [-0.3, -0.25) is 9.48 Å². The lowest BCUT2D eigenvalue weighted by Crippen LogP contribution is -2.14. The van der Waals surface area contributed by atoms with Gasteiger partial charge in [-0.15, -0.1) is 0 Å². The van der Waals surface area contributed by atoms with E-state index in [1.165, 1.54) is 23.1 Å². The van der Waals surface area contributed by atoms with Crippen LogP contribution >= 0.6 is 11.6 Å². The summed E-state index contributed by atoms with van der Waals surface area (Å²) in [7, 11) is 1.70. The highest BCUT2D eigenvalue weighted by molar-refractivity contribution is 6.29. The van der Waals surface area contributed by atoms with E-state index in [4.69, 9.17) is 11.6 Å². The molecule has 0 aliphatic rings. The lowest BCUT2D eigenvalue weighted by Gasteiger charge is -2.05. The van der Waals surface area contributed by atoms with E-state index in [0.29, 0.717) is 11.1 Å². The van der Waals surface area contributed by atoms with Crippen LogP contribution in [0.1, 0.15) is 10.5 Å². The highest BCUT2D eigenvalue weighted by atomic mass is 35.5. The first kappa shape index (κ1) is 13.4. The average molecular weight is 306 g/mol. The Balaban J connectivity index is 1.90. The number of nitrogens with one attached hydrogen (secondary N) is 1. The van der Waals surface area contributed by atoms with E-state index in [2.05, 4.69) is 20.4 Å². The molecule has 0 saturated carbocycles. The molecule has 0 aliphatic carbocycles. The van der Waals surface area contributed by atoms with Crippen molar-refractivity contribution in [2.45, 2.75) is 0 Å². The predicted octanol–water partition coefficient (Wildman–Crippen LogP) is 2.41. The fraction of sp³-hybridized carbons (Fsp3) is 0.0769. The van der Waals surface area contributed by atoms with Crippen molar-refractivity contribution in [3.63, 3.8) is 0 Å². The quantitative estimate of drug-likeness (QED) is 0.789. The van der Waals surface area contributed by atoms with Crippen LogP contribution < -0.4 is 5.32 Å². The Labute approximate surface area is 123 Å². The van der Waals surface area contributed by atoms with Crippen LogP contribution in [0.5, 0.6) is 0 Å². The smallest absolute Gasteiger partial charge is 0.275 e. The number of nitrogens with zero attached hydrogens (tertiary/aromatic N) is 4. The molecule has 8 heteroatoms. The number of benzene rings is 1. The molecule has 0 bridgehead atoms. The van der Waals surface area contributed by atoms with Gasteiger partial charge in [0.1, 0.15) is 16.4 Å². The summed E-state index contributed by atoms with van der Waals surface area (Å²) in [6, 6.07) is 2.84. The Kier molecular flexibility index (Phi) is 3.26. The van der Waals surface area contributed by atoms with Gasteiger partial charge in [0.05, 0.1) is 12.4 Å². The molecule has 0 spiro atoms. The minimum Gasteiger partial charge on any atom is -0.320 e. The molecule has 2 heterocycles. The Bertz CT molecular complexity index is 830. The van der Waals surface area contributed by atoms with Gasteiger partial charge in [-0.25, -0.2) is 14.4 Å². The van der Waals surface area contributed by atoms with Crippen molar-refractivity contribution in [3.8, 4) is 0 Å². The third kappa shape index (κ3) is 2.68. The second-order valence-corrected chi connectivity index (χ2v) is 4.76. The van der Waals surface area contributed by atoms with Crippen LogP contribution in [0.15, 0.2) is 30.7 Å². The molecule has 106 valence electrons. The lowest BCUT2D eigenvalue weighted by molar-refractivity contribution is 0.102. The van der Waals surface area contributed by atoms with Gasteiger partial charge >= 0.3 is 0 Å². The van der Waals surface area contributed by atoms with E-state index in [0.717, 1.165) is 0 Å². The van der Waals surface area contributed by atoms with Crippen LogP contribution in [0.2, 0.25) is 5.15 Å². The fourth-order valence-electron chi connectivity index (χ4n) is 1.91. The summed E-state index contributed by atoms with van der Waals surface area (Å²) in [6.07, 6.45) is 4.17. The Hall–Kier alpha value is -2.54. The first-order valence-electron chi connectivity index (χ1n) is 5.95. The van der Waals surface area contributed by atoms with E-state index in [1.807, 2.05) is 0 Å². The maximum atomic E-state index is 13.9. The third-order valence-corrected chi connectivity index (χ3v) is 2.98. The molecule has 1 aromatic carbocycles. The standard InChI is InChI=1S/C13H9ClFN5O/c1-20-6-7-2-8(3-9(15)12(7)19-20)18-13(21)10-4-17-11(14)5-16-10/h2-6H,1H3,(H,18,21). The molecular weight excluding hydrogens is 297 g/mol. The zero-order valence-electron chi connectivity index (χ0n) is 10.8. The maximum absolute atomic E-state index is 13.9. The number of halogens is 2. The first-order valence-corrected chi connectivity index (χ1v) is 6.32. The first-order chi connectivity index (χ1) is 10.0. The van der Waals surface area contributed by atoms with E-state index in [1.54, 1.807) is 19.3 Å². The molecule has 3 rings (SSSR count). The molecule has 0 atom stereocenters. The van der Waals surface area contributed by atoms with Crippen LogP contribution in [0.25, 0.3) is 10.9 Å². The minimum absolute atomic E-state index is 0.0890. The van der Waals surface area contributed by atoms with Crippen molar-refractivity contribution < 1.29 is 9.18 Å². The number of rotatable bonds is 2. The Morgan fingerprint density at radius 2 is 2.14 bits per heavy atom. The van der Waals surface area contributed by atoms with Gasteiger partial charge in [0, 0.05) is 24.3 Å². The number of hydrogen-bond donors (Lipinski definition) is 1.